The lowest BCUT2D eigenvalue weighted by Crippen LogP contribution is -1.96. The van der Waals surface area contributed by atoms with Crippen molar-refractivity contribution in [2.45, 2.75) is 19.6 Å². The highest BCUT2D eigenvalue weighted by atomic mass is 35.5. The first-order valence-electron chi connectivity index (χ1n) is 8.27. The first-order valence-corrected chi connectivity index (χ1v) is 8.64. The summed E-state index contributed by atoms with van der Waals surface area (Å²) in [5.74, 6) is 0.832. The maximum absolute atomic E-state index is 6.23. The maximum Gasteiger partial charge on any atom is 0.120 e. The molecular formula is C22H20ClNO. The summed E-state index contributed by atoms with van der Waals surface area (Å²) in [6.07, 6.45) is 1.86. The fourth-order valence-electron chi connectivity index (χ4n) is 2.52. The average molecular weight is 350 g/mol. The average Bonchev–Trinajstić information content (AvgIpc) is 2.66. The summed E-state index contributed by atoms with van der Waals surface area (Å²) < 4.78 is 5.86. The van der Waals surface area contributed by atoms with Crippen molar-refractivity contribution in [1.29, 1.82) is 0 Å². The molecule has 1 atom stereocenters. The largest absolute Gasteiger partial charge is 0.489 e. The molecule has 0 amide bonds. The van der Waals surface area contributed by atoms with E-state index in [0.29, 0.717) is 6.61 Å². The summed E-state index contributed by atoms with van der Waals surface area (Å²) in [6, 6.07) is 25.9. The van der Waals surface area contributed by atoms with Crippen LogP contribution in [0.1, 0.15) is 29.7 Å². The van der Waals surface area contributed by atoms with E-state index in [0.717, 1.165) is 27.5 Å². The van der Waals surface area contributed by atoms with Gasteiger partial charge >= 0.3 is 0 Å². The third kappa shape index (κ3) is 4.94. The van der Waals surface area contributed by atoms with Crippen molar-refractivity contribution in [3.05, 3.63) is 101 Å². The van der Waals surface area contributed by atoms with Crippen molar-refractivity contribution in [2.24, 2.45) is 4.99 Å². The number of nitrogens with zero attached hydrogens (tertiary/aromatic N) is 1. The van der Waals surface area contributed by atoms with Gasteiger partial charge in [0.15, 0.2) is 0 Å². The monoisotopic (exact) mass is 349 g/mol. The molecule has 0 heterocycles. The Kier molecular flexibility index (Phi) is 5.86. The van der Waals surface area contributed by atoms with Gasteiger partial charge < -0.3 is 4.74 Å². The number of ether oxygens (including phenoxy) is 1. The molecule has 25 heavy (non-hydrogen) atoms. The smallest absolute Gasteiger partial charge is 0.120 e. The third-order valence-electron chi connectivity index (χ3n) is 3.91. The molecule has 0 aromatic heterocycles. The molecule has 0 saturated carbocycles. The van der Waals surface area contributed by atoms with Crippen molar-refractivity contribution in [1.82, 2.24) is 0 Å². The summed E-state index contributed by atoms with van der Waals surface area (Å²) in [7, 11) is 0. The molecule has 3 aromatic rings. The van der Waals surface area contributed by atoms with Crippen LogP contribution in [0.5, 0.6) is 5.75 Å². The first kappa shape index (κ1) is 17.2. The predicted molar refractivity (Wildman–Crippen MR) is 105 cm³/mol. The summed E-state index contributed by atoms with van der Waals surface area (Å²) in [4.78, 5) is 4.62. The summed E-state index contributed by atoms with van der Waals surface area (Å²) in [5.41, 5.74) is 3.18. The van der Waals surface area contributed by atoms with Crippen LogP contribution in [0.2, 0.25) is 5.02 Å². The van der Waals surface area contributed by atoms with E-state index in [2.05, 4.69) is 17.1 Å². The molecule has 0 spiro atoms. The number of aliphatic imine (C=N–C) groups is 1. The predicted octanol–water partition coefficient (Wildman–Crippen LogP) is 6.10. The highest BCUT2D eigenvalue weighted by Crippen LogP contribution is 2.25. The number of benzene rings is 3. The Labute approximate surface area is 153 Å². The quantitative estimate of drug-likeness (QED) is 0.493. The van der Waals surface area contributed by atoms with Crippen LogP contribution in [0, 0.1) is 0 Å². The van der Waals surface area contributed by atoms with E-state index in [1.807, 2.05) is 79.9 Å². The SMILES string of the molecule is CC(/N=C/c1cccc(OCc2ccccc2)c1)c1ccccc1Cl. The van der Waals surface area contributed by atoms with Crippen LogP contribution in [0.15, 0.2) is 83.9 Å². The minimum atomic E-state index is 0.00240. The van der Waals surface area contributed by atoms with Gasteiger partial charge in [-0.25, -0.2) is 0 Å². The number of hydrogen-bond acceptors (Lipinski definition) is 2. The van der Waals surface area contributed by atoms with Gasteiger partial charge in [0.2, 0.25) is 0 Å². The topological polar surface area (TPSA) is 21.6 Å². The molecule has 3 heteroatoms. The maximum atomic E-state index is 6.23. The number of halogens is 1. The van der Waals surface area contributed by atoms with Crippen LogP contribution in [0.25, 0.3) is 0 Å². The molecular weight excluding hydrogens is 330 g/mol. The molecule has 0 N–H and O–H groups in total. The van der Waals surface area contributed by atoms with Crippen molar-refractivity contribution in [3.63, 3.8) is 0 Å². The van der Waals surface area contributed by atoms with Crippen molar-refractivity contribution in [2.75, 3.05) is 0 Å². The van der Waals surface area contributed by atoms with Gasteiger partial charge in [-0.15, -0.1) is 0 Å². The zero-order valence-corrected chi connectivity index (χ0v) is 14.9. The van der Waals surface area contributed by atoms with Crippen molar-refractivity contribution >= 4 is 17.8 Å². The fourth-order valence-corrected chi connectivity index (χ4v) is 2.81. The van der Waals surface area contributed by atoms with Crippen LogP contribution in [-0.4, -0.2) is 6.21 Å². The summed E-state index contributed by atoms with van der Waals surface area (Å²) >= 11 is 6.23. The Morgan fingerprint density at radius 3 is 2.52 bits per heavy atom. The molecule has 1 unspecified atom stereocenters. The van der Waals surface area contributed by atoms with Gasteiger partial charge in [0.1, 0.15) is 12.4 Å². The minimum absolute atomic E-state index is 0.00240. The number of hydrogen-bond donors (Lipinski definition) is 0. The van der Waals surface area contributed by atoms with E-state index in [4.69, 9.17) is 16.3 Å². The lowest BCUT2D eigenvalue weighted by Gasteiger charge is -2.09. The van der Waals surface area contributed by atoms with E-state index in [1.54, 1.807) is 0 Å². The molecule has 0 aliphatic heterocycles. The Balaban J connectivity index is 1.66. The molecule has 3 rings (SSSR count). The van der Waals surface area contributed by atoms with Gasteiger partial charge in [-0.3, -0.25) is 4.99 Å². The zero-order chi connectivity index (χ0) is 17.5. The highest BCUT2D eigenvalue weighted by Gasteiger charge is 2.06. The van der Waals surface area contributed by atoms with Crippen LogP contribution in [-0.2, 0) is 6.61 Å². The van der Waals surface area contributed by atoms with E-state index >= 15 is 0 Å². The molecule has 0 aliphatic carbocycles. The fraction of sp³-hybridized carbons (Fsp3) is 0.136. The van der Waals surface area contributed by atoms with E-state index in [-0.39, 0.29) is 6.04 Å². The summed E-state index contributed by atoms with van der Waals surface area (Å²) in [5, 5.41) is 0.743. The third-order valence-corrected chi connectivity index (χ3v) is 4.25. The molecule has 0 fully saturated rings. The van der Waals surface area contributed by atoms with Crippen molar-refractivity contribution < 1.29 is 4.74 Å². The lowest BCUT2D eigenvalue weighted by molar-refractivity contribution is 0.306. The molecule has 0 aliphatic rings. The molecule has 0 saturated heterocycles. The van der Waals surface area contributed by atoms with Gasteiger partial charge in [0, 0.05) is 11.2 Å². The number of rotatable bonds is 6. The second kappa shape index (κ2) is 8.50. The minimum Gasteiger partial charge on any atom is -0.489 e. The van der Waals surface area contributed by atoms with Gasteiger partial charge in [0.05, 0.1) is 6.04 Å². The van der Waals surface area contributed by atoms with Crippen molar-refractivity contribution in [3.8, 4) is 5.75 Å². The van der Waals surface area contributed by atoms with Gasteiger partial charge in [-0.2, -0.15) is 0 Å². The molecule has 0 bridgehead atoms. The van der Waals surface area contributed by atoms with Gasteiger partial charge in [0.25, 0.3) is 0 Å². The van der Waals surface area contributed by atoms with E-state index in [1.165, 1.54) is 0 Å². The second-order valence-electron chi connectivity index (χ2n) is 5.82. The Morgan fingerprint density at radius 1 is 0.960 bits per heavy atom. The first-order chi connectivity index (χ1) is 12.2. The highest BCUT2D eigenvalue weighted by molar-refractivity contribution is 6.31. The van der Waals surface area contributed by atoms with Crippen LogP contribution in [0.3, 0.4) is 0 Å². The van der Waals surface area contributed by atoms with Crippen LogP contribution >= 0.6 is 11.6 Å². The van der Waals surface area contributed by atoms with Crippen LogP contribution < -0.4 is 4.74 Å². The molecule has 126 valence electrons. The Bertz CT molecular complexity index is 845. The van der Waals surface area contributed by atoms with Crippen LogP contribution in [0.4, 0.5) is 0 Å². The molecule has 2 nitrogen and oxygen atoms in total. The zero-order valence-electron chi connectivity index (χ0n) is 14.1. The van der Waals surface area contributed by atoms with E-state index in [9.17, 15) is 0 Å². The second-order valence-corrected chi connectivity index (χ2v) is 6.23. The molecule has 0 radical (unpaired) electrons. The standard InChI is InChI=1S/C22H20ClNO/c1-17(21-12-5-6-13-22(21)23)24-15-19-10-7-11-20(14-19)25-16-18-8-3-2-4-9-18/h2-15,17H,16H2,1H3/b24-15+. The van der Waals surface area contributed by atoms with E-state index < -0.39 is 0 Å². The summed E-state index contributed by atoms with van der Waals surface area (Å²) in [6.45, 7) is 2.59. The van der Waals surface area contributed by atoms with Gasteiger partial charge in [-0.05, 0) is 41.8 Å². The normalized spacial score (nSPS) is 12.2. The Morgan fingerprint density at radius 2 is 1.72 bits per heavy atom. The van der Waals surface area contributed by atoms with Gasteiger partial charge in [-0.1, -0.05) is 72.3 Å². The molecule has 3 aromatic carbocycles. The Hall–Kier alpha value is -2.58. The lowest BCUT2D eigenvalue weighted by atomic mass is 10.1.